The minimum Gasteiger partial charge on any atom is -0.409 e. The topological polar surface area (TPSA) is 77.1 Å². The van der Waals surface area contributed by atoms with Crippen LogP contribution < -0.4 is 5.73 Å². The van der Waals surface area contributed by atoms with Crippen LogP contribution in [-0.2, 0) is 16.1 Å². The summed E-state index contributed by atoms with van der Waals surface area (Å²) in [5.41, 5.74) is 7.15. The Morgan fingerprint density at radius 3 is 2.82 bits per heavy atom. The molecule has 5 heteroatoms. The third-order valence-corrected chi connectivity index (χ3v) is 2.18. The van der Waals surface area contributed by atoms with E-state index in [-0.39, 0.29) is 5.84 Å². The van der Waals surface area contributed by atoms with Crippen LogP contribution >= 0.6 is 0 Å². The molecule has 0 spiro atoms. The van der Waals surface area contributed by atoms with Gasteiger partial charge in [-0.25, -0.2) is 0 Å². The van der Waals surface area contributed by atoms with E-state index in [0.29, 0.717) is 32.0 Å². The highest BCUT2D eigenvalue weighted by molar-refractivity contribution is 5.97. The molecule has 0 saturated heterocycles. The van der Waals surface area contributed by atoms with E-state index >= 15 is 0 Å². The average molecular weight is 238 g/mol. The van der Waals surface area contributed by atoms with E-state index in [9.17, 15) is 0 Å². The SMILES string of the molecule is CCOCCOCc1cccc(/C(N)=N/O)c1. The summed E-state index contributed by atoms with van der Waals surface area (Å²) in [6.07, 6.45) is 0. The second-order valence-corrected chi connectivity index (χ2v) is 3.44. The number of ether oxygens (including phenoxy) is 2. The summed E-state index contributed by atoms with van der Waals surface area (Å²) in [6.45, 7) is 4.28. The molecular weight excluding hydrogens is 220 g/mol. The molecule has 0 unspecified atom stereocenters. The lowest BCUT2D eigenvalue weighted by Crippen LogP contribution is -2.13. The normalized spacial score (nSPS) is 11.7. The van der Waals surface area contributed by atoms with Crippen LogP contribution in [0.1, 0.15) is 18.1 Å². The molecule has 0 aliphatic rings. The molecule has 5 nitrogen and oxygen atoms in total. The fourth-order valence-corrected chi connectivity index (χ4v) is 1.33. The molecule has 0 amide bonds. The van der Waals surface area contributed by atoms with Gasteiger partial charge in [0, 0.05) is 12.2 Å². The molecule has 0 aromatic heterocycles. The van der Waals surface area contributed by atoms with Gasteiger partial charge in [0.2, 0.25) is 0 Å². The Kier molecular flexibility index (Phi) is 6.06. The molecule has 0 aliphatic carbocycles. The van der Waals surface area contributed by atoms with E-state index in [1.807, 2.05) is 25.1 Å². The summed E-state index contributed by atoms with van der Waals surface area (Å²) < 4.78 is 10.6. The van der Waals surface area contributed by atoms with Crippen molar-refractivity contribution in [3.63, 3.8) is 0 Å². The molecule has 0 heterocycles. The number of benzene rings is 1. The zero-order valence-electron chi connectivity index (χ0n) is 9.93. The van der Waals surface area contributed by atoms with Gasteiger partial charge in [-0.2, -0.15) is 0 Å². The molecule has 0 radical (unpaired) electrons. The van der Waals surface area contributed by atoms with Gasteiger partial charge in [-0.15, -0.1) is 0 Å². The Morgan fingerprint density at radius 2 is 2.12 bits per heavy atom. The van der Waals surface area contributed by atoms with Crippen molar-refractivity contribution in [3.05, 3.63) is 35.4 Å². The number of oxime groups is 1. The van der Waals surface area contributed by atoms with Gasteiger partial charge in [0.1, 0.15) is 0 Å². The summed E-state index contributed by atoms with van der Waals surface area (Å²) in [7, 11) is 0. The van der Waals surface area contributed by atoms with Crippen LogP contribution in [0.3, 0.4) is 0 Å². The summed E-state index contributed by atoms with van der Waals surface area (Å²) in [5, 5.41) is 11.5. The minimum atomic E-state index is 0.0983. The molecule has 94 valence electrons. The molecule has 17 heavy (non-hydrogen) atoms. The molecule has 0 saturated carbocycles. The van der Waals surface area contributed by atoms with Gasteiger partial charge in [-0.05, 0) is 18.6 Å². The molecule has 0 fully saturated rings. The van der Waals surface area contributed by atoms with Crippen molar-refractivity contribution in [2.24, 2.45) is 10.9 Å². The average Bonchev–Trinajstić information content (AvgIpc) is 2.38. The predicted octanol–water partition coefficient (Wildman–Crippen LogP) is 1.33. The highest BCUT2D eigenvalue weighted by atomic mass is 16.5. The second-order valence-electron chi connectivity index (χ2n) is 3.44. The van der Waals surface area contributed by atoms with E-state index in [2.05, 4.69) is 5.16 Å². The molecule has 0 atom stereocenters. The van der Waals surface area contributed by atoms with Gasteiger partial charge in [-0.3, -0.25) is 0 Å². The lowest BCUT2D eigenvalue weighted by molar-refractivity contribution is 0.0453. The van der Waals surface area contributed by atoms with Gasteiger partial charge >= 0.3 is 0 Å². The third kappa shape index (κ3) is 4.84. The van der Waals surface area contributed by atoms with Gasteiger partial charge in [0.05, 0.1) is 19.8 Å². The van der Waals surface area contributed by atoms with E-state index in [4.69, 9.17) is 20.4 Å². The molecule has 1 rings (SSSR count). The zero-order valence-corrected chi connectivity index (χ0v) is 9.93. The second kappa shape index (κ2) is 7.65. The summed E-state index contributed by atoms with van der Waals surface area (Å²) in [4.78, 5) is 0. The van der Waals surface area contributed by atoms with Crippen molar-refractivity contribution in [2.45, 2.75) is 13.5 Å². The Morgan fingerprint density at radius 1 is 1.35 bits per heavy atom. The Bertz CT molecular complexity index is 367. The Labute approximate surface area is 101 Å². The highest BCUT2D eigenvalue weighted by Crippen LogP contribution is 2.06. The predicted molar refractivity (Wildman–Crippen MR) is 65.1 cm³/mol. The Balaban J connectivity index is 2.43. The van der Waals surface area contributed by atoms with Crippen molar-refractivity contribution >= 4 is 5.84 Å². The standard InChI is InChI=1S/C12H18N2O3/c1-2-16-6-7-17-9-10-4-3-5-11(8-10)12(13)14-15/h3-5,8,15H,2,6-7,9H2,1H3,(H2,13,14). The van der Waals surface area contributed by atoms with Gasteiger partial charge in [-0.1, -0.05) is 23.4 Å². The van der Waals surface area contributed by atoms with Crippen LogP contribution in [0.15, 0.2) is 29.4 Å². The summed E-state index contributed by atoms with van der Waals surface area (Å²) >= 11 is 0. The van der Waals surface area contributed by atoms with Gasteiger partial charge in [0.25, 0.3) is 0 Å². The van der Waals surface area contributed by atoms with Crippen molar-refractivity contribution < 1.29 is 14.7 Å². The monoisotopic (exact) mass is 238 g/mol. The van der Waals surface area contributed by atoms with Crippen LogP contribution in [0.5, 0.6) is 0 Å². The van der Waals surface area contributed by atoms with Gasteiger partial charge < -0.3 is 20.4 Å². The van der Waals surface area contributed by atoms with E-state index in [1.165, 1.54) is 0 Å². The maximum absolute atomic E-state index is 8.57. The quantitative estimate of drug-likeness (QED) is 0.247. The summed E-state index contributed by atoms with van der Waals surface area (Å²) in [6, 6.07) is 7.37. The van der Waals surface area contributed by atoms with Crippen molar-refractivity contribution in [1.82, 2.24) is 0 Å². The molecule has 0 bridgehead atoms. The first-order valence-electron chi connectivity index (χ1n) is 5.50. The number of amidine groups is 1. The first kappa shape index (κ1) is 13.5. The first-order valence-corrected chi connectivity index (χ1v) is 5.50. The highest BCUT2D eigenvalue weighted by Gasteiger charge is 2.00. The number of hydrogen-bond donors (Lipinski definition) is 2. The van der Waals surface area contributed by atoms with Crippen LogP contribution in [0.2, 0.25) is 0 Å². The molecule has 3 N–H and O–H groups in total. The molecular formula is C12H18N2O3. The zero-order chi connectivity index (χ0) is 12.5. The molecule has 1 aromatic rings. The summed E-state index contributed by atoms with van der Waals surface area (Å²) in [5.74, 6) is 0.0983. The van der Waals surface area contributed by atoms with E-state index < -0.39 is 0 Å². The van der Waals surface area contributed by atoms with Crippen LogP contribution in [0.25, 0.3) is 0 Å². The number of nitrogens with two attached hydrogens (primary N) is 1. The van der Waals surface area contributed by atoms with Crippen LogP contribution in [-0.4, -0.2) is 30.9 Å². The van der Waals surface area contributed by atoms with E-state index in [0.717, 1.165) is 5.56 Å². The minimum absolute atomic E-state index is 0.0983. The smallest absolute Gasteiger partial charge is 0.170 e. The number of nitrogens with zero attached hydrogens (tertiary/aromatic N) is 1. The third-order valence-electron chi connectivity index (χ3n) is 2.18. The Hall–Kier alpha value is -1.59. The number of rotatable bonds is 7. The lowest BCUT2D eigenvalue weighted by Gasteiger charge is -2.06. The van der Waals surface area contributed by atoms with Crippen molar-refractivity contribution in [1.29, 1.82) is 0 Å². The lowest BCUT2D eigenvalue weighted by atomic mass is 10.1. The molecule has 0 aliphatic heterocycles. The maximum Gasteiger partial charge on any atom is 0.170 e. The largest absolute Gasteiger partial charge is 0.409 e. The van der Waals surface area contributed by atoms with Gasteiger partial charge in [0.15, 0.2) is 5.84 Å². The van der Waals surface area contributed by atoms with E-state index in [1.54, 1.807) is 6.07 Å². The van der Waals surface area contributed by atoms with Crippen molar-refractivity contribution in [2.75, 3.05) is 19.8 Å². The van der Waals surface area contributed by atoms with Crippen LogP contribution in [0, 0.1) is 0 Å². The van der Waals surface area contributed by atoms with Crippen LogP contribution in [0.4, 0.5) is 0 Å². The fourth-order valence-electron chi connectivity index (χ4n) is 1.33. The first-order chi connectivity index (χ1) is 8.27. The van der Waals surface area contributed by atoms with Crippen molar-refractivity contribution in [3.8, 4) is 0 Å². The fraction of sp³-hybridized carbons (Fsp3) is 0.417. The number of hydrogen-bond acceptors (Lipinski definition) is 4. The molecule has 1 aromatic carbocycles. The maximum atomic E-state index is 8.57.